The molecule has 0 aromatic heterocycles. The molecule has 270 valence electrons. The molecule has 47 heavy (non-hydrogen) atoms. The molecule has 12 nitrogen and oxygen atoms in total. The van der Waals surface area contributed by atoms with Crippen molar-refractivity contribution in [1.29, 1.82) is 0 Å². The molecule has 2 saturated carbocycles. The van der Waals surface area contributed by atoms with Crippen LogP contribution >= 0.6 is 12.6 Å². The molecule has 4 unspecified atom stereocenters. The molecule has 0 radical (unpaired) electrons. The number of nitrogens with zero attached hydrogens (tertiary/aromatic N) is 1. The van der Waals surface area contributed by atoms with Crippen molar-refractivity contribution in [1.82, 2.24) is 20.9 Å². The van der Waals surface area contributed by atoms with Crippen LogP contribution in [0.25, 0.3) is 0 Å². The lowest BCUT2D eigenvalue weighted by Crippen LogP contribution is -2.60. The minimum Gasteiger partial charge on any atom is -0.461 e. The molecule has 5 amide bonds. The van der Waals surface area contributed by atoms with Crippen molar-refractivity contribution in [2.24, 2.45) is 28.4 Å². The van der Waals surface area contributed by atoms with Crippen molar-refractivity contribution >= 4 is 48.1 Å². The van der Waals surface area contributed by atoms with Crippen molar-refractivity contribution in [3.8, 4) is 0 Å². The largest absolute Gasteiger partial charge is 0.461 e. The summed E-state index contributed by atoms with van der Waals surface area (Å²) in [6, 6.07) is -3.60. The van der Waals surface area contributed by atoms with Crippen LogP contribution in [0.1, 0.15) is 121 Å². The molecule has 3 fully saturated rings. The van der Waals surface area contributed by atoms with E-state index in [-0.39, 0.29) is 18.1 Å². The minimum absolute atomic E-state index is 0.239. The van der Waals surface area contributed by atoms with E-state index in [4.69, 9.17) is 10.5 Å². The highest BCUT2D eigenvalue weighted by molar-refractivity contribution is 7.82. The lowest BCUT2D eigenvalue weighted by molar-refractivity contribution is -0.152. The Balaban J connectivity index is 0.00000141. The number of carbonyl (C=O) groups is 6. The maximum atomic E-state index is 13.7. The zero-order chi connectivity index (χ0) is 36.3. The molecule has 5 N–H and O–H groups in total. The van der Waals surface area contributed by atoms with Crippen molar-refractivity contribution < 1.29 is 33.5 Å². The summed E-state index contributed by atoms with van der Waals surface area (Å²) in [7, 11) is 0. The first-order chi connectivity index (χ1) is 21.6. The van der Waals surface area contributed by atoms with Crippen LogP contribution in [0.15, 0.2) is 0 Å². The number of amides is 5. The highest BCUT2D eigenvalue weighted by atomic mass is 32.1. The van der Waals surface area contributed by atoms with Crippen molar-refractivity contribution in [3.63, 3.8) is 0 Å². The first kappa shape index (κ1) is 42.2. The fourth-order valence-electron chi connectivity index (χ4n) is 4.78. The van der Waals surface area contributed by atoms with E-state index >= 15 is 0 Å². The van der Waals surface area contributed by atoms with Gasteiger partial charge in [0.2, 0.25) is 11.8 Å². The van der Waals surface area contributed by atoms with Crippen LogP contribution in [0.4, 0.5) is 4.79 Å². The highest BCUT2D eigenvalue weighted by Gasteiger charge is 2.43. The van der Waals surface area contributed by atoms with Crippen LogP contribution in [-0.2, 0) is 28.7 Å². The van der Waals surface area contributed by atoms with Crippen LogP contribution in [-0.4, -0.2) is 76.6 Å². The lowest BCUT2D eigenvalue weighted by Gasteiger charge is -2.36. The first-order valence-corrected chi connectivity index (χ1v) is 17.5. The van der Waals surface area contributed by atoms with Gasteiger partial charge in [-0.15, -0.1) is 12.6 Å². The van der Waals surface area contributed by atoms with Gasteiger partial charge in [0.05, 0.1) is 0 Å². The predicted molar refractivity (Wildman–Crippen MR) is 185 cm³/mol. The summed E-state index contributed by atoms with van der Waals surface area (Å²) in [4.78, 5) is 77.0. The topological polar surface area (TPSA) is 177 Å². The van der Waals surface area contributed by atoms with Crippen LogP contribution in [0.2, 0.25) is 0 Å². The summed E-state index contributed by atoms with van der Waals surface area (Å²) >= 11 is 3.93. The SMILES string of the molecule is CC(OC(=O)[C@H](CC(C)(C)C)NC(=O)NC(C(=O)N1CCCC1C(=O)NC(S)C(=O)C(N)=O)C(C)(C)C)C1CC1.CC1CC1.CCC. The van der Waals surface area contributed by atoms with Crippen molar-refractivity contribution in [2.75, 3.05) is 6.54 Å². The Kier molecular flexibility index (Phi) is 16.7. The molecule has 0 aromatic rings. The van der Waals surface area contributed by atoms with Gasteiger partial charge in [-0.25, -0.2) is 9.59 Å². The zero-order valence-electron chi connectivity index (χ0n) is 30.2. The number of thiol groups is 1. The van der Waals surface area contributed by atoms with Gasteiger partial charge in [-0.05, 0) is 61.7 Å². The molecule has 0 aromatic carbocycles. The monoisotopic (exact) mass is 683 g/mol. The second-order valence-corrected chi connectivity index (χ2v) is 15.9. The molecule has 0 spiro atoms. The van der Waals surface area contributed by atoms with Gasteiger partial charge in [0.25, 0.3) is 11.7 Å². The van der Waals surface area contributed by atoms with Gasteiger partial charge in [0.1, 0.15) is 29.6 Å². The zero-order valence-corrected chi connectivity index (χ0v) is 31.1. The first-order valence-electron chi connectivity index (χ1n) is 17.0. The van der Waals surface area contributed by atoms with Crippen LogP contribution in [0.3, 0.4) is 0 Å². The van der Waals surface area contributed by atoms with Gasteiger partial charge in [0, 0.05) is 6.54 Å². The predicted octanol–water partition coefficient (Wildman–Crippen LogP) is 4.10. The smallest absolute Gasteiger partial charge is 0.328 e. The lowest BCUT2D eigenvalue weighted by atomic mass is 9.85. The van der Waals surface area contributed by atoms with Crippen molar-refractivity contribution in [3.05, 3.63) is 0 Å². The van der Waals surface area contributed by atoms with Crippen LogP contribution < -0.4 is 21.7 Å². The Morgan fingerprint density at radius 1 is 0.915 bits per heavy atom. The molecule has 3 aliphatic rings. The summed E-state index contributed by atoms with van der Waals surface area (Å²) < 4.78 is 5.63. The van der Waals surface area contributed by atoms with Crippen molar-refractivity contribution in [2.45, 2.75) is 150 Å². The van der Waals surface area contributed by atoms with Crippen LogP contribution in [0, 0.1) is 22.7 Å². The Bertz CT molecular complexity index is 1100. The number of ketones is 1. The second-order valence-electron chi connectivity index (χ2n) is 15.4. The third-order valence-corrected chi connectivity index (χ3v) is 8.22. The molecule has 5 atom stereocenters. The van der Waals surface area contributed by atoms with Gasteiger partial charge in [-0.2, -0.15) is 0 Å². The van der Waals surface area contributed by atoms with Gasteiger partial charge in [-0.1, -0.05) is 81.6 Å². The number of rotatable bonds is 11. The number of nitrogens with two attached hydrogens (primary N) is 1. The fraction of sp³-hybridized carbons (Fsp3) is 0.824. The van der Waals surface area contributed by atoms with E-state index in [0.29, 0.717) is 25.2 Å². The minimum atomic E-state index is -1.44. The summed E-state index contributed by atoms with van der Waals surface area (Å²) in [6.07, 6.45) is 7.17. The standard InChI is InChI=1S/C27H45N5O7S.C4H8.C3H8/c1-14(15-10-11-15)39-24(37)16(13-26(2,3)4)29-25(38)30-19(27(5,6)7)23(36)32-12-8-9-17(32)21(35)31-22(40)18(33)20(28)34;1-4-2-3-4;1-3-2/h14-17,19,22,40H,8-13H2,1-7H3,(H2,28,34)(H,31,35)(H2,29,30,38);4H,2-3H2,1H3;3H2,1-2H3/t14?,16-,17?,19?,22?;;/m0../s1. The van der Waals surface area contributed by atoms with E-state index in [0.717, 1.165) is 18.8 Å². The number of nitrogens with one attached hydrogen (secondary N) is 3. The average Bonchev–Trinajstić information content (AvgIpc) is 3.88. The fourth-order valence-corrected chi connectivity index (χ4v) is 5.03. The molecule has 1 saturated heterocycles. The Morgan fingerprint density at radius 3 is 1.87 bits per heavy atom. The molecule has 0 bridgehead atoms. The molecule has 2 aliphatic carbocycles. The molecule has 13 heteroatoms. The van der Waals surface area contributed by atoms with Crippen LogP contribution in [0.5, 0.6) is 0 Å². The Morgan fingerprint density at radius 2 is 1.45 bits per heavy atom. The Labute approximate surface area is 287 Å². The van der Waals surface area contributed by atoms with E-state index in [2.05, 4.69) is 49.4 Å². The summed E-state index contributed by atoms with van der Waals surface area (Å²) in [5.74, 6) is -2.56. The molecule has 3 rings (SSSR count). The summed E-state index contributed by atoms with van der Waals surface area (Å²) in [5.41, 5.74) is 3.92. The Hall–Kier alpha value is -2.83. The quantitative estimate of drug-likeness (QED) is 0.0943. The number of ether oxygens (including phenoxy) is 1. The maximum Gasteiger partial charge on any atom is 0.328 e. The number of hydrogen-bond acceptors (Lipinski definition) is 8. The number of urea groups is 1. The van der Waals surface area contributed by atoms with E-state index < -0.39 is 64.4 Å². The molecular weight excluding hydrogens is 622 g/mol. The van der Waals surface area contributed by atoms with Gasteiger partial charge in [-0.3, -0.25) is 19.2 Å². The third-order valence-electron chi connectivity index (χ3n) is 7.86. The molecule has 1 heterocycles. The van der Waals surface area contributed by atoms with E-state index in [1.165, 1.54) is 24.2 Å². The highest BCUT2D eigenvalue weighted by Crippen LogP contribution is 2.34. The summed E-state index contributed by atoms with van der Waals surface area (Å²) in [6.45, 7) is 19.8. The van der Waals surface area contributed by atoms with Gasteiger partial charge in [0.15, 0.2) is 0 Å². The number of Topliss-reactive ketones (excluding diaryl/α,β-unsaturated/α-hetero) is 1. The number of carbonyl (C=O) groups excluding carboxylic acids is 6. The number of primary amides is 1. The van der Waals surface area contributed by atoms with E-state index in [9.17, 15) is 28.8 Å². The molecule has 1 aliphatic heterocycles. The van der Waals surface area contributed by atoms with Gasteiger partial charge < -0.3 is 31.3 Å². The summed E-state index contributed by atoms with van der Waals surface area (Å²) in [5, 5.41) is 6.30. The average molecular weight is 684 g/mol. The second kappa shape index (κ2) is 18.6. The number of likely N-dealkylation sites (tertiary alicyclic amines) is 1. The van der Waals surface area contributed by atoms with E-state index in [1.807, 2.05) is 27.7 Å². The molecular formula is C34H61N5O7S. The normalized spacial score (nSPS) is 20.1. The van der Waals surface area contributed by atoms with Gasteiger partial charge >= 0.3 is 12.0 Å². The maximum absolute atomic E-state index is 13.7. The van der Waals surface area contributed by atoms with E-state index in [1.54, 1.807) is 20.8 Å². The third kappa shape index (κ3) is 15.7. The number of esters is 1. The number of hydrogen-bond donors (Lipinski definition) is 5.